The number of carbonyl (C=O) groups excluding carboxylic acids is 2. The molecule has 0 aliphatic heterocycles. The predicted molar refractivity (Wildman–Crippen MR) is 125 cm³/mol. The number of amides is 2. The molecule has 0 bridgehead atoms. The predicted octanol–water partition coefficient (Wildman–Crippen LogP) is 4.14. The van der Waals surface area contributed by atoms with Crippen molar-refractivity contribution in [1.82, 2.24) is 10.6 Å². The molecule has 0 radical (unpaired) electrons. The molecule has 6 nitrogen and oxygen atoms in total. The third-order valence-corrected chi connectivity index (χ3v) is 4.45. The second-order valence-corrected chi connectivity index (χ2v) is 7.05. The van der Waals surface area contributed by atoms with E-state index in [1.807, 2.05) is 45.0 Å². The highest BCUT2D eigenvalue weighted by Gasteiger charge is 2.08. The van der Waals surface area contributed by atoms with Gasteiger partial charge < -0.3 is 15.4 Å². The second kappa shape index (κ2) is 11.7. The number of rotatable bonds is 8. The lowest BCUT2D eigenvalue weighted by Crippen LogP contribution is -2.33. The van der Waals surface area contributed by atoms with Crippen LogP contribution >= 0.6 is 12.2 Å². The molecule has 158 valence electrons. The zero-order valence-electron chi connectivity index (χ0n) is 17.4. The number of hydrogen-bond donors (Lipinski definition) is 3. The number of carbonyl (C=O) groups is 2. The van der Waals surface area contributed by atoms with Crippen molar-refractivity contribution in [3.8, 4) is 5.75 Å². The maximum Gasteiger partial charge on any atom is 0.251 e. The third-order valence-electron chi connectivity index (χ3n) is 4.25. The van der Waals surface area contributed by atoms with Crippen molar-refractivity contribution in [2.45, 2.75) is 33.2 Å². The average molecular weight is 426 g/mol. The molecule has 0 saturated carbocycles. The molecule has 0 heterocycles. The van der Waals surface area contributed by atoms with Gasteiger partial charge in [-0.05, 0) is 80.5 Å². The van der Waals surface area contributed by atoms with E-state index in [1.54, 1.807) is 30.3 Å². The van der Waals surface area contributed by atoms with Crippen LogP contribution in [0.3, 0.4) is 0 Å². The maximum absolute atomic E-state index is 12.1. The Balaban J connectivity index is 1.84. The van der Waals surface area contributed by atoms with Gasteiger partial charge in [0.1, 0.15) is 5.75 Å². The van der Waals surface area contributed by atoms with E-state index in [0.29, 0.717) is 17.9 Å². The van der Waals surface area contributed by atoms with Crippen LogP contribution in [0.15, 0.2) is 54.6 Å². The van der Waals surface area contributed by atoms with Crippen LogP contribution in [0, 0.1) is 0 Å². The lowest BCUT2D eigenvalue weighted by Gasteiger charge is -2.12. The smallest absolute Gasteiger partial charge is 0.251 e. The second-order valence-electron chi connectivity index (χ2n) is 6.64. The Bertz CT molecular complexity index is 893. The molecule has 2 aromatic carbocycles. The fourth-order valence-electron chi connectivity index (χ4n) is 2.44. The summed E-state index contributed by atoms with van der Waals surface area (Å²) in [5.41, 5.74) is 2.11. The summed E-state index contributed by atoms with van der Waals surface area (Å²) in [4.78, 5) is 24.2. The van der Waals surface area contributed by atoms with Crippen LogP contribution in [0.2, 0.25) is 0 Å². The van der Waals surface area contributed by atoms with Crippen LogP contribution in [-0.4, -0.2) is 29.6 Å². The molecule has 2 amide bonds. The zero-order valence-corrected chi connectivity index (χ0v) is 18.2. The van der Waals surface area contributed by atoms with Gasteiger partial charge in [-0.15, -0.1) is 0 Å². The summed E-state index contributed by atoms with van der Waals surface area (Å²) < 4.78 is 5.39. The molecule has 2 aromatic rings. The van der Waals surface area contributed by atoms with Crippen molar-refractivity contribution in [3.05, 3.63) is 65.7 Å². The molecular weight excluding hydrogens is 398 g/mol. The maximum atomic E-state index is 12.1. The van der Waals surface area contributed by atoms with E-state index in [1.165, 1.54) is 6.08 Å². The molecule has 3 N–H and O–H groups in total. The highest BCUT2D eigenvalue weighted by atomic mass is 32.1. The minimum absolute atomic E-state index is 0.119. The lowest BCUT2D eigenvalue weighted by atomic mass is 10.1. The Morgan fingerprint density at radius 2 is 1.73 bits per heavy atom. The summed E-state index contributed by atoms with van der Waals surface area (Å²) in [7, 11) is 0. The van der Waals surface area contributed by atoms with Crippen molar-refractivity contribution in [2.24, 2.45) is 0 Å². The Kier molecular flexibility index (Phi) is 9.03. The molecule has 7 heteroatoms. The van der Waals surface area contributed by atoms with Crippen molar-refractivity contribution in [2.75, 3.05) is 11.9 Å². The molecule has 0 fully saturated rings. The molecule has 0 saturated heterocycles. The highest BCUT2D eigenvalue weighted by Crippen LogP contribution is 2.13. The van der Waals surface area contributed by atoms with Crippen LogP contribution in [-0.2, 0) is 4.79 Å². The van der Waals surface area contributed by atoms with Crippen molar-refractivity contribution in [1.29, 1.82) is 0 Å². The van der Waals surface area contributed by atoms with Gasteiger partial charge in [0.15, 0.2) is 5.11 Å². The third kappa shape index (κ3) is 7.67. The number of nitrogens with one attached hydrogen (secondary N) is 3. The highest BCUT2D eigenvalue weighted by molar-refractivity contribution is 7.80. The van der Waals surface area contributed by atoms with Crippen LogP contribution in [0.25, 0.3) is 6.08 Å². The quantitative estimate of drug-likeness (QED) is 0.438. The number of thiocarbonyl (C=S) groups is 1. The summed E-state index contributed by atoms with van der Waals surface area (Å²) in [5, 5.41) is 8.61. The Morgan fingerprint density at radius 3 is 2.33 bits per heavy atom. The standard InChI is InChI=1S/C23H27N3O3S/c1-4-16(3)24-22(28)18-9-11-19(12-10-18)25-23(30)26-21(27)15-8-17-6-13-20(14-7-17)29-5-2/h6-16H,4-5H2,1-3H3,(H,24,28)(H2,25,26,27,30)/b15-8+. The number of ether oxygens (including phenoxy) is 1. The first-order valence-corrected chi connectivity index (χ1v) is 10.3. The van der Waals surface area contributed by atoms with Crippen molar-refractivity contribution < 1.29 is 14.3 Å². The van der Waals surface area contributed by atoms with Gasteiger partial charge in [-0.2, -0.15) is 0 Å². The van der Waals surface area contributed by atoms with E-state index in [9.17, 15) is 9.59 Å². The summed E-state index contributed by atoms with van der Waals surface area (Å²) in [6.07, 6.45) is 3.97. The molecule has 30 heavy (non-hydrogen) atoms. The molecule has 0 spiro atoms. The van der Waals surface area contributed by atoms with Gasteiger partial charge in [-0.1, -0.05) is 19.1 Å². The molecule has 1 unspecified atom stereocenters. The first-order chi connectivity index (χ1) is 14.4. The van der Waals surface area contributed by atoms with Gasteiger partial charge in [-0.3, -0.25) is 14.9 Å². The minimum atomic E-state index is -0.342. The van der Waals surface area contributed by atoms with Crippen molar-refractivity contribution >= 4 is 40.9 Å². The van der Waals surface area contributed by atoms with E-state index >= 15 is 0 Å². The molecule has 0 aromatic heterocycles. The van der Waals surface area contributed by atoms with Gasteiger partial charge in [0, 0.05) is 23.4 Å². The van der Waals surface area contributed by atoms with Gasteiger partial charge in [0.25, 0.3) is 5.91 Å². The first kappa shape index (κ1) is 23.1. The van der Waals surface area contributed by atoms with E-state index in [2.05, 4.69) is 16.0 Å². The van der Waals surface area contributed by atoms with Crippen molar-refractivity contribution in [3.63, 3.8) is 0 Å². The van der Waals surface area contributed by atoms with Gasteiger partial charge in [0.2, 0.25) is 5.91 Å². The average Bonchev–Trinajstić information content (AvgIpc) is 2.73. The molecule has 2 rings (SSSR count). The van der Waals surface area contributed by atoms with Crippen LogP contribution in [0.5, 0.6) is 5.75 Å². The minimum Gasteiger partial charge on any atom is -0.494 e. The van der Waals surface area contributed by atoms with E-state index in [0.717, 1.165) is 17.7 Å². The lowest BCUT2D eigenvalue weighted by molar-refractivity contribution is -0.115. The first-order valence-electron chi connectivity index (χ1n) is 9.85. The van der Waals surface area contributed by atoms with Crippen LogP contribution in [0.4, 0.5) is 5.69 Å². The van der Waals surface area contributed by atoms with Gasteiger partial charge >= 0.3 is 0 Å². The van der Waals surface area contributed by atoms with Crippen LogP contribution < -0.4 is 20.7 Å². The topological polar surface area (TPSA) is 79.5 Å². The fraction of sp³-hybridized carbons (Fsp3) is 0.261. The number of anilines is 1. The summed E-state index contributed by atoms with van der Waals surface area (Å²) in [6.45, 7) is 6.50. The van der Waals surface area contributed by atoms with Gasteiger partial charge in [-0.25, -0.2) is 0 Å². The largest absolute Gasteiger partial charge is 0.494 e. The molecule has 1 atom stereocenters. The monoisotopic (exact) mass is 425 g/mol. The fourth-order valence-corrected chi connectivity index (χ4v) is 2.66. The van der Waals surface area contributed by atoms with E-state index in [-0.39, 0.29) is 23.0 Å². The van der Waals surface area contributed by atoms with E-state index < -0.39 is 0 Å². The molecule has 0 aliphatic carbocycles. The summed E-state index contributed by atoms with van der Waals surface area (Å²) >= 11 is 5.17. The summed E-state index contributed by atoms with van der Waals surface area (Å²) in [6, 6.07) is 14.4. The number of benzene rings is 2. The Labute approximate surface area is 182 Å². The van der Waals surface area contributed by atoms with Gasteiger partial charge in [0.05, 0.1) is 6.61 Å². The Hall–Kier alpha value is -3.19. The number of hydrogen-bond acceptors (Lipinski definition) is 4. The van der Waals surface area contributed by atoms with Crippen LogP contribution in [0.1, 0.15) is 43.1 Å². The summed E-state index contributed by atoms with van der Waals surface area (Å²) in [5.74, 6) is 0.324. The Morgan fingerprint density at radius 1 is 1.07 bits per heavy atom. The zero-order chi connectivity index (χ0) is 21.9. The SMILES string of the molecule is CCOc1ccc(/C=C/C(=O)NC(=S)Nc2ccc(C(=O)NC(C)CC)cc2)cc1. The molecular formula is C23H27N3O3S. The van der Waals surface area contributed by atoms with E-state index in [4.69, 9.17) is 17.0 Å². The normalized spacial score (nSPS) is 11.6. The molecule has 0 aliphatic rings.